The van der Waals surface area contributed by atoms with Gasteiger partial charge in [-0.05, 0) is 53.9 Å². The molecule has 0 radical (unpaired) electrons. The van der Waals surface area contributed by atoms with E-state index in [9.17, 15) is 9.59 Å². The molecule has 0 aliphatic carbocycles. The van der Waals surface area contributed by atoms with Crippen LogP contribution in [0.2, 0.25) is 5.02 Å². The predicted molar refractivity (Wildman–Crippen MR) is 106 cm³/mol. The van der Waals surface area contributed by atoms with E-state index in [4.69, 9.17) is 16.3 Å². The minimum Gasteiger partial charge on any atom is -0.497 e. The van der Waals surface area contributed by atoms with Gasteiger partial charge in [0, 0.05) is 10.6 Å². The van der Waals surface area contributed by atoms with Gasteiger partial charge in [0.15, 0.2) is 0 Å². The lowest BCUT2D eigenvalue weighted by Crippen LogP contribution is -2.48. The van der Waals surface area contributed by atoms with E-state index >= 15 is 0 Å². The number of hydrogen-bond acceptors (Lipinski definition) is 4. The number of rotatable bonds is 7. The van der Waals surface area contributed by atoms with Crippen molar-refractivity contribution in [1.82, 2.24) is 10.7 Å². The minimum absolute atomic E-state index is 0.121. The topological polar surface area (TPSA) is 79.8 Å². The lowest BCUT2D eigenvalue weighted by Gasteiger charge is -2.20. The molecule has 142 valence electrons. The van der Waals surface area contributed by atoms with Crippen molar-refractivity contribution in [2.45, 2.75) is 19.9 Å². The Morgan fingerprint density at radius 2 is 1.85 bits per heavy atom. The van der Waals surface area contributed by atoms with Crippen LogP contribution in [0, 0.1) is 5.92 Å². The highest BCUT2D eigenvalue weighted by Crippen LogP contribution is 2.12. The highest BCUT2D eigenvalue weighted by atomic mass is 35.5. The molecule has 0 aliphatic rings. The molecule has 0 saturated carbocycles. The summed E-state index contributed by atoms with van der Waals surface area (Å²) in [7, 11) is 1.59. The van der Waals surface area contributed by atoms with Crippen LogP contribution in [-0.4, -0.2) is 31.2 Å². The summed E-state index contributed by atoms with van der Waals surface area (Å²) in [4.78, 5) is 24.8. The third-order valence-corrected chi connectivity index (χ3v) is 4.06. The molecule has 2 N–H and O–H groups in total. The van der Waals surface area contributed by atoms with Crippen molar-refractivity contribution < 1.29 is 14.3 Å². The Balaban J connectivity index is 1.99. The monoisotopic (exact) mass is 387 g/mol. The van der Waals surface area contributed by atoms with Crippen LogP contribution < -0.4 is 15.5 Å². The highest BCUT2D eigenvalue weighted by Gasteiger charge is 2.24. The number of ether oxygens (including phenoxy) is 1. The second-order valence-corrected chi connectivity index (χ2v) is 6.65. The molecule has 0 bridgehead atoms. The molecule has 2 rings (SSSR count). The molecule has 1 atom stereocenters. The average molecular weight is 388 g/mol. The van der Waals surface area contributed by atoms with E-state index in [2.05, 4.69) is 15.8 Å². The summed E-state index contributed by atoms with van der Waals surface area (Å²) >= 11 is 5.91. The number of methoxy groups -OCH3 is 1. The summed E-state index contributed by atoms with van der Waals surface area (Å²) in [5, 5.41) is 7.14. The maximum Gasteiger partial charge on any atom is 0.262 e. The molecule has 0 spiro atoms. The molecule has 0 saturated heterocycles. The molecule has 0 aromatic heterocycles. The molecule has 0 heterocycles. The van der Waals surface area contributed by atoms with Crippen molar-refractivity contribution >= 4 is 29.6 Å². The second kappa shape index (κ2) is 9.73. The number of hydrogen-bond donors (Lipinski definition) is 2. The normalized spacial score (nSPS) is 12.0. The van der Waals surface area contributed by atoms with Gasteiger partial charge in [-0.15, -0.1) is 0 Å². The lowest BCUT2D eigenvalue weighted by molar-refractivity contribution is -0.123. The summed E-state index contributed by atoms with van der Waals surface area (Å²) in [6.07, 6.45) is 1.52. The van der Waals surface area contributed by atoms with Gasteiger partial charge < -0.3 is 10.1 Å². The van der Waals surface area contributed by atoms with E-state index in [-0.39, 0.29) is 11.8 Å². The first-order chi connectivity index (χ1) is 12.9. The third-order valence-electron chi connectivity index (χ3n) is 3.83. The summed E-state index contributed by atoms with van der Waals surface area (Å²) in [6, 6.07) is 13.0. The van der Waals surface area contributed by atoms with Crippen LogP contribution in [0.4, 0.5) is 0 Å². The fourth-order valence-corrected chi connectivity index (χ4v) is 2.51. The van der Waals surface area contributed by atoms with Gasteiger partial charge in [0.1, 0.15) is 11.8 Å². The van der Waals surface area contributed by atoms with E-state index in [0.717, 1.165) is 11.3 Å². The van der Waals surface area contributed by atoms with Gasteiger partial charge in [0.2, 0.25) is 0 Å². The molecule has 1 unspecified atom stereocenters. The summed E-state index contributed by atoms with van der Waals surface area (Å²) in [6.45, 7) is 3.69. The number of carbonyl (C=O) groups is 2. The van der Waals surface area contributed by atoms with Gasteiger partial charge in [-0.1, -0.05) is 31.5 Å². The Morgan fingerprint density at radius 3 is 2.44 bits per heavy atom. The first-order valence-electron chi connectivity index (χ1n) is 8.44. The number of amides is 2. The van der Waals surface area contributed by atoms with Crippen molar-refractivity contribution in [1.29, 1.82) is 0 Å². The Labute approximate surface area is 163 Å². The van der Waals surface area contributed by atoms with Crippen molar-refractivity contribution in [3.05, 3.63) is 64.7 Å². The number of benzene rings is 2. The van der Waals surface area contributed by atoms with Gasteiger partial charge in [-0.3, -0.25) is 9.59 Å². The van der Waals surface area contributed by atoms with Gasteiger partial charge in [-0.2, -0.15) is 5.10 Å². The van der Waals surface area contributed by atoms with E-state index in [0.29, 0.717) is 10.6 Å². The smallest absolute Gasteiger partial charge is 0.262 e. The quantitative estimate of drug-likeness (QED) is 0.565. The average Bonchev–Trinajstić information content (AvgIpc) is 2.66. The van der Waals surface area contributed by atoms with Gasteiger partial charge in [0.25, 0.3) is 11.8 Å². The molecule has 0 aliphatic heterocycles. The van der Waals surface area contributed by atoms with Crippen LogP contribution in [0.15, 0.2) is 53.6 Å². The molecular formula is C20H22ClN3O3. The minimum atomic E-state index is -0.732. The highest BCUT2D eigenvalue weighted by molar-refractivity contribution is 6.31. The van der Waals surface area contributed by atoms with E-state index in [1.807, 2.05) is 26.0 Å². The van der Waals surface area contributed by atoms with Crippen LogP contribution in [-0.2, 0) is 4.79 Å². The number of carbonyl (C=O) groups excluding carboxylic acids is 2. The standard InChI is InChI=1S/C20H22ClN3O3/c1-13(2)18(23-19(25)15-5-4-6-16(21)11-15)20(26)24-22-12-14-7-9-17(27-3)10-8-14/h4-13,18H,1-3H3,(H,23,25)(H,24,26). The van der Waals surface area contributed by atoms with Gasteiger partial charge in [0.05, 0.1) is 13.3 Å². The molecule has 7 heteroatoms. The summed E-state index contributed by atoms with van der Waals surface area (Å²) in [5.74, 6) is -0.153. The molecule has 2 amide bonds. The van der Waals surface area contributed by atoms with Gasteiger partial charge in [-0.25, -0.2) is 5.43 Å². The van der Waals surface area contributed by atoms with Crippen molar-refractivity contribution in [2.75, 3.05) is 7.11 Å². The Kier molecular flexibility index (Phi) is 7.37. The molecule has 27 heavy (non-hydrogen) atoms. The van der Waals surface area contributed by atoms with Crippen molar-refractivity contribution in [3.63, 3.8) is 0 Å². The number of nitrogens with zero attached hydrogens (tertiary/aromatic N) is 1. The van der Waals surface area contributed by atoms with Crippen LogP contribution in [0.25, 0.3) is 0 Å². The van der Waals surface area contributed by atoms with Gasteiger partial charge >= 0.3 is 0 Å². The van der Waals surface area contributed by atoms with Crippen molar-refractivity contribution in [3.8, 4) is 5.75 Å². The lowest BCUT2D eigenvalue weighted by atomic mass is 10.0. The zero-order valence-electron chi connectivity index (χ0n) is 15.4. The number of hydrazone groups is 1. The molecule has 2 aromatic carbocycles. The van der Waals surface area contributed by atoms with E-state index in [1.165, 1.54) is 6.21 Å². The van der Waals surface area contributed by atoms with Crippen LogP contribution in [0.3, 0.4) is 0 Å². The number of nitrogens with one attached hydrogen (secondary N) is 2. The predicted octanol–water partition coefficient (Wildman–Crippen LogP) is 3.25. The van der Waals surface area contributed by atoms with Crippen molar-refractivity contribution in [2.24, 2.45) is 11.0 Å². The third kappa shape index (κ3) is 6.11. The zero-order valence-corrected chi connectivity index (χ0v) is 16.2. The summed E-state index contributed by atoms with van der Waals surface area (Å²) < 4.78 is 5.09. The van der Waals surface area contributed by atoms with Crippen LogP contribution in [0.1, 0.15) is 29.8 Å². The van der Waals surface area contributed by atoms with E-state index < -0.39 is 11.9 Å². The summed E-state index contributed by atoms with van der Waals surface area (Å²) in [5.41, 5.74) is 3.66. The maximum atomic E-state index is 12.4. The first kappa shape index (κ1) is 20.5. The second-order valence-electron chi connectivity index (χ2n) is 6.21. The fraction of sp³-hybridized carbons (Fsp3) is 0.250. The number of halogens is 1. The largest absolute Gasteiger partial charge is 0.497 e. The van der Waals surface area contributed by atoms with E-state index in [1.54, 1.807) is 43.5 Å². The Bertz CT molecular complexity index is 819. The first-order valence-corrected chi connectivity index (χ1v) is 8.82. The van der Waals surface area contributed by atoms with Crippen LogP contribution in [0.5, 0.6) is 5.75 Å². The van der Waals surface area contributed by atoms with Crippen LogP contribution >= 0.6 is 11.6 Å². The molecule has 2 aromatic rings. The Hall–Kier alpha value is -2.86. The SMILES string of the molecule is COc1ccc(C=NNC(=O)C(NC(=O)c2cccc(Cl)c2)C(C)C)cc1. The maximum absolute atomic E-state index is 12.4. The molecule has 0 fully saturated rings. The Morgan fingerprint density at radius 1 is 1.15 bits per heavy atom. The molecular weight excluding hydrogens is 366 g/mol. The fourth-order valence-electron chi connectivity index (χ4n) is 2.32. The zero-order chi connectivity index (χ0) is 19.8. The molecule has 6 nitrogen and oxygen atoms in total.